The Morgan fingerprint density at radius 3 is 1.13 bits per heavy atom. The second kappa shape index (κ2) is 65.1. The monoisotopic (exact) mass is 1230 g/mol. The SMILES string of the molecule is CC/C=C\C/C=C\C/C=C\C/C=C\C/C=C\C/C=C\CCCCCCC(=O)NC(COP(=O)([O-])OCC[N+](C)(C)C)C(/C=C/CCCCCCCCCCC)OC(=O)CCCCCCCCCCCCC/C=C\C/C=C\C/C=C\C/C=C\CCCCC. The van der Waals surface area contributed by atoms with Crippen molar-refractivity contribution < 1.29 is 37.3 Å². The molecule has 87 heavy (non-hydrogen) atoms. The molecule has 0 aromatic heterocycles. The molecule has 0 aromatic carbocycles. The van der Waals surface area contributed by atoms with Crippen LogP contribution in [0.15, 0.2) is 134 Å². The van der Waals surface area contributed by atoms with Gasteiger partial charge in [-0.2, -0.15) is 0 Å². The molecule has 9 nitrogen and oxygen atoms in total. The number of carbonyl (C=O) groups excluding carboxylic acids is 2. The molecule has 10 heteroatoms. The Hall–Kier alpha value is -3.85. The van der Waals surface area contributed by atoms with Crippen molar-refractivity contribution in [2.75, 3.05) is 40.9 Å². The maximum absolute atomic E-state index is 13.6. The zero-order valence-electron chi connectivity index (χ0n) is 56.9. The van der Waals surface area contributed by atoms with Crippen LogP contribution in [0, 0.1) is 0 Å². The van der Waals surface area contributed by atoms with Crippen molar-refractivity contribution in [2.24, 2.45) is 0 Å². The number of quaternary nitrogens is 1. The molecule has 0 rings (SSSR count). The molecule has 0 aliphatic carbocycles. The van der Waals surface area contributed by atoms with E-state index in [0.29, 0.717) is 17.4 Å². The lowest BCUT2D eigenvalue weighted by molar-refractivity contribution is -0.870. The fourth-order valence-corrected chi connectivity index (χ4v) is 10.3. The molecule has 0 saturated carbocycles. The van der Waals surface area contributed by atoms with E-state index in [-0.39, 0.29) is 31.3 Å². The second-order valence-electron chi connectivity index (χ2n) is 24.6. The molecule has 1 N–H and O–H groups in total. The Morgan fingerprint density at radius 1 is 0.414 bits per heavy atom. The first kappa shape index (κ1) is 83.2. The Morgan fingerprint density at radius 2 is 0.736 bits per heavy atom. The number of hydrogen-bond acceptors (Lipinski definition) is 7. The zero-order chi connectivity index (χ0) is 63.5. The highest BCUT2D eigenvalue weighted by Gasteiger charge is 2.27. The number of carbonyl (C=O) groups is 2. The lowest BCUT2D eigenvalue weighted by Gasteiger charge is -2.30. The number of amides is 1. The predicted molar refractivity (Wildman–Crippen MR) is 376 cm³/mol. The topological polar surface area (TPSA) is 114 Å². The molecule has 0 saturated heterocycles. The van der Waals surface area contributed by atoms with E-state index < -0.39 is 26.6 Å². The summed E-state index contributed by atoms with van der Waals surface area (Å²) in [5.74, 6) is -0.579. The van der Waals surface area contributed by atoms with E-state index >= 15 is 0 Å². The van der Waals surface area contributed by atoms with Gasteiger partial charge in [-0.05, 0) is 128 Å². The van der Waals surface area contributed by atoms with Crippen molar-refractivity contribution in [3.05, 3.63) is 134 Å². The molecule has 498 valence electrons. The zero-order valence-corrected chi connectivity index (χ0v) is 57.8. The van der Waals surface area contributed by atoms with Gasteiger partial charge >= 0.3 is 5.97 Å². The smallest absolute Gasteiger partial charge is 0.306 e. The number of hydrogen-bond donors (Lipinski definition) is 1. The fraction of sp³-hybridized carbons (Fsp3) is 0.688. The van der Waals surface area contributed by atoms with E-state index in [1.807, 2.05) is 33.3 Å². The van der Waals surface area contributed by atoms with E-state index in [4.69, 9.17) is 13.8 Å². The minimum Gasteiger partial charge on any atom is -0.756 e. The molecule has 0 radical (unpaired) electrons. The van der Waals surface area contributed by atoms with Crippen LogP contribution < -0.4 is 10.2 Å². The molecule has 0 heterocycles. The number of phosphoric ester groups is 1. The quantitative estimate of drug-likeness (QED) is 0.0212. The molecular formula is C77H133N2O7P. The van der Waals surface area contributed by atoms with Gasteiger partial charge in [0.25, 0.3) is 7.82 Å². The minimum absolute atomic E-state index is 0.0350. The van der Waals surface area contributed by atoms with Gasteiger partial charge in [0.05, 0.1) is 33.8 Å². The van der Waals surface area contributed by atoms with Gasteiger partial charge in [0.1, 0.15) is 19.3 Å². The van der Waals surface area contributed by atoms with Gasteiger partial charge < -0.3 is 28.5 Å². The molecule has 0 fully saturated rings. The maximum atomic E-state index is 13.6. The number of allylic oxidation sites excluding steroid dienone is 21. The van der Waals surface area contributed by atoms with Gasteiger partial charge in [-0.15, -0.1) is 0 Å². The van der Waals surface area contributed by atoms with Gasteiger partial charge in [0.2, 0.25) is 5.91 Å². The Bertz CT molecular complexity index is 1950. The average Bonchev–Trinajstić information content (AvgIpc) is 3.70. The van der Waals surface area contributed by atoms with Gasteiger partial charge in [-0.25, -0.2) is 0 Å². The van der Waals surface area contributed by atoms with Crippen molar-refractivity contribution in [3.63, 3.8) is 0 Å². The highest BCUT2D eigenvalue weighted by molar-refractivity contribution is 7.45. The summed E-state index contributed by atoms with van der Waals surface area (Å²) in [6.45, 7) is 6.67. The van der Waals surface area contributed by atoms with E-state index in [0.717, 1.165) is 128 Å². The van der Waals surface area contributed by atoms with E-state index in [1.165, 1.54) is 122 Å². The van der Waals surface area contributed by atoms with Crippen LogP contribution >= 0.6 is 7.82 Å². The Kier molecular flexibility index (Phi) is 62.2. The average molecular weight is 1230 g/mol. The van der Waals surface area contributed by atoms with Crippen LogP contribution in [0.3, 0.4) is 0 Å². The molecule has 0 bridgehead atoms. The summed E-state index contributed by atoms with van der Waals surface area (Å²) in [6, 6.07) is -0.914. The maximum Gasteiger partial charge on any atom is 0.306 e. The lowest BCUT2D eigenvalue weighted by atomic mass is 10.0. The number of ether oxygens (including phenoxy) is 1. The number of esters is 1. The third-order valence-corrected chi connectivity index (χ3v) is 16.0. The third-order valence-electron chi connectivity index (χ3n) is 15.1. The van der Waals surface area contributed by atoms with Gasteiger partial charge in [-0.1, -0.05) is 283 Å². The van der Waals surface area contributed by atoms with Crippen LogP contribution in [0.2, 0.25) is 0 Å². The van der Waals surface area contributed by atoms with Crippen molar-refractivity contribution >= 4 is 19.7 Å². The van der Waals surface area contributed by atoms with Crippen molar-refractivity contribution in [1.29, 1.82) is 0 Å². The van der Waals surface area contributed by atoms with Crippen molar-refractivity contribution in [1.82, 2.24) is 5.32 Å². The van der Waals surface area contributed by atoms with Crippen molar-refractivity contribution in [2.45, 2.75) is 303 Å². The summed E-state index contributed by atoms with van der Waals surface area (Å²) in [6.07, 6.45) is 92.9. The molecule has 0 aromatic rings. The largest absolute Gasteiger partial charge is 0.756 e. The summed E-state index contributed by atoms with van der Waals surface area (Å²) in [5.41, 5.74) is 0. The highest BCUT2D eigenvalue weighted by Crippen LogP contribution is 2.38. The standard InChI is InChI=1S/C77H133N2O7P/c1-7-10-13-16-19-22-25-27-29-31-33-35-37-38-39-40-42-44-46-48-50-52-55-58-61-64-67-70-77(81)86-75(68-65-62-59-56-53-24-21-18-15-12-9-3)74(73-85-87(82,83)84-72-71-79(4,5)6)78-76(80)69-66-63-60-57-54-51-49-47-45-43-41-36-34-32-30-28-26-23-20-17-14-11-8-2/h11,14,19-20,22-23,27-30,33-36,38-39,43,45,49,51,65,68,74-75H,7-10,12-13,15-18,21,24-26,31-32,37,40-42,44,46-48,50,52-64,66-67,69-73H2,1-6H3,(H-,78,80,82,83)/b14-11-,22-19-,23-20-,29-27-,30-28-,35-33-,36-34-,39-38-,45-43-,51-49-,68-65+. The minimum atomic E-state index is -4.72. The molecule has 3 unspecified atom stereocenters. The Labute approximate surface area is 536 Å². The van der Waals surface area contributed by atoms with Crippen LogP contribution in [-0.2, 0) is 27.9 Å². The van der Waals surface area contributed by atoms with Gasteiger partial charge in [-0.3, -0.25) is 14.2 Å². The number of likely N-dealkylation sites (N-methyl/N-ethyl adjacent to an activating group) is 1. The van der Waals surface area contributed by atoms with Gasteiger partial charge in [0.15, 0.2) is 0 Å². The molecular weight excluding hydrogens is 1100 g/mol. The molecule has 3 atom stereocenters. The number of phosphoric acid groups is 1. The van der Waals surface area contributed by atoms with Crippen molar-refractivity contribution in [3.8, 4) is 0 Å². The molecule has 0 aliphatic rings. The third kappa shape index (κ3) is 66.4. The van der Waals surface area contributed by atoms with Crippen LogP contribution in [-0.4, -0.2) is 69.4 Å². The first-order valence-corrected chi connectivity index (χ1v) is 37.0. The number of rotatable bonds is 63. The highest BCUT2D eigenvalue weighted by atomic mass is 31.2. The lowest BCUT2D eigenvalue weighted by Crippen LogP contribution is -2.47. The molecule has 0 spiro atoms. The Balaban J connectivity index is 5.09. The number of nitrogens with one attached hydrogen (secondary N) is 1. The van der Waals surface area contributed by atoms with E-state index in [1.54, 1.807) is 0 Å². The van der Waals surface area contributed by atoms with Gasteiger partial charge in [0, 0.05) is 12.8 Å². The van der Waals surface area contributed by atoms with Crippen LogP contribution in [0.1, 0.15) is 290 Å². The molecule has 0 aliphatic heterocycles. The first-order valence-electron chi connectivity index (χ1n) is 35.5. The van der Waals surface area contributed by atoms with E-state index in [9.17, 15) is 19.0 Å². The normalized spacial score (nSPS) is 14.3. The summed E-state index contributed by atoms with van der Waals surface area (Å²) in [7, 11) is 1.15. The summed E-state index contributed by atoms with van der Waals surface area (Å²) in [4.78, 5) is 40.2. The number of unbranched alkanes of at least 4 members (excludes halogenated alkanes) is 27. The van der Waals surface area contributed by atoms with Crippen LogP contribution in [0.5, 0.6) is 0 Å². The van der Waals surface area contributed by atoms with E-state index in [2.05, 4.69) is 148 Å². The second-order valence-corrected chi connectivity index (χ2v) is 26.1. The molecule has 1 amide bonds. The summed E-state index contributed by atoms with van der Waals surface area (Å²) < 4.78 is 30.4. The van der Waals surface area contributed by atoms with Crippen LogP contribution in [0.4, 0.5) is 0 Å². The summed E-state index contributed by atoms with van der Waals surface area (Å²) >= 11 is 0. The summed E-state index contributed by atoms with van der Waals surface area (Å²) in [5, 5.41) is 3.02. The first-order chi connectivity index (χ1) is 42.4. The number of nitrogens with zero attached hydrogens (tertiary/aromatic N) is 1. The predicted octanol–water partition coefficient (Wildman–Crippen LogP) is 22.2. The van der Waals surface area contributed by atoms with Crippen LogP contribution in [0.25, 0.3) is 0 Å². The fourth-order valence-electron chi connectivity index (χ4n) is 9.63.